The predicted octanol–water partition coefficient (Wildman–Crippen LogP) is 28.4. The van der Waals surface area contributed by atoms with Crippen molar-refractivity contribution in [1.82, 2.24) is 14.7 Å². The minimum Gasteiger partial charge on any atom is -0.295 e. The van der Waals surface area contributed by atoms with Crippen LogP contribution in [-0.2, 0) is 0 Å². The molecule has 23 unspecified atom stereocenters. The Morgan fingerprint density at radius 2 is 0.481 bits per heavy atom. The Balaban J connectivity index is 0.741. The van der Waals surface area contributed by atoms with Crippen molar-refractivity contribution in [3.8, 4) is 0 Å². The summed E-state index contributed by atoms with van der Waals surface area (Å²) in [5.41, 5.74) is 0. The summed E-state index contributed by atoms with van der Waals surface area (Å²) in [5.74, 6) is 28.2. The predicted molar refractivity (Wildman–Crippen MR) is 454 cm³/mol. The average molecular weight is 1480 g/mol. The van der Waals surface area contributed by atoms with Crippen LogP contribution in [0.3, 0.4) is 0 Å². The van der Waals surface area contributed by atoms with Crippen LogP contribution in [0.4, 0.5) is 0 Å². The van der Waals surface area contributed by atoms with E-state index in [1.165, 1.54) is 12.8 Å². The normalized spacial score (nSPS) is 49.2. The molecule has 0 N–H and O–H groups in total. The molecule has 606 valence electrons. The standard InChI is InChI=1S/C104H172BN3/c1-8-27-69(28-9-1)72-51-58-82(59-52-72)106(83-60-53-73(54-61-83)70-29-10-2-11-30-70)84-67-97-102-98(68-84)108(104-88(76-37-18-6-19-38-76)46-26-47-89(104)77-39-20-7-21-40-77)96-64-57-81(85-62-55-79-43-23-49-91-90-48-22-41-78-42-24-50-92(99(78)90)101(85)100(79)91)66-94(96)105(102)93-65-80(71-31-12-3-13-32-71)56-63-95(93)107(97)103-86(74-33-14-4-15-34-74)44-25-45-87(103)75-35-16-5-17-36-75/h69-104H,1-68H2. The Morgan fingerprint density at radius 1 is 0.176 bits per heavy atom. The van der Waals surface area contributed by atoms with Crippen LogP contribution in [-0.4, -0.2) is 75.8 Å². The Bertz CT molecular complexity index is 2710. The Kier molecular flexibility index (Phi) is 23.7. The van der Waals surface area contributed by atoms with Crippen molar-refractivity contribution in [2.75, 3.05) is 0 Å². The highest BCUT2D eigenvalue weighted by atomic mass is 15.3. The van der Waals surface area contributed by atoms with Crippen LogP contribution < -0.4 is 0 Å². The molecule has 21 rings (SSSR count). The molecule has 4 heteroatoms. The number of fused-ring (bicyclic) bond motifs is 6. The van der Waals surface area contributed by atoms with Crippen molar-refractivity contribution in [2.24, 2.45) is 142 Å². The lowest BCUT2D eigenvalue weighted by Gasteiger charge is -2.73. The summed E-state index contributed by atoms with van der Waals surface area (Å²) < 4.78 is 0. The second-order valence-electron chi connectivity index (χ2n) is 47.1. The SMILES string of the molecule is C1CCC(C2CCC(N(C3CCC(C4CCCCC4)CC3)C3CC4C5B(C6CC(C7CCCCC7)CCC6N4C4C(C6CCCCC6)CCCC4C4CCCCC4)C4CC(C6CCC7CCCC8C9CCCC%10CCCC(C%109)C6C78)CCC4N(C4C(C6CCCCC6)CCCC4C4CCCCC4)C5C3)CC2)CC1. The molecular weight excluding hydrogens is 1300 g/mol. The first-order valence-electron chi connectivity index (χ1n) is 52.9. The molecule has 0 amide bonds. The van der Waals surface area contributed by atoms with Crippen LogP contribution in [0.15, 0.2) is 0 Å². The van der Waals surface area contributed by atoms with Crippen LogP contribution >= 0.6 is 0 Å². The topological polar surface area (TPSA) is 9.72 Å². The average Bonchev–Trinajstić information content (AvgIpc) is 0.691. The summed E-state index contributed by atoms with van der Waals surface area (Å²) in [6.07, 6.45) is 109. The van der Waals surface area contributed by atoms with E-state index in [0.29, 0.717) is 0 Å². The van der Waals surface area contributed by atoms with E-state index in [4.69, 9.17) is 0 Å². The first kappa shape index (κ1) is 75.4. The van der Waals surface area contributed by atoms with E-state index in [1.807, 2.05) is 0 Å². The van der Waals surface area contributed by atoms with Gasteiger partial charge in [-0.15, -0.1) is 0 Å². The highest BCUT2D eigenvalue weighted by molar-refractivity contribution is 6.65. The molecule has 2 aliphatic heterocycles. The Hall–Kier alpha value is -0.0551. The maximum Gasteiger partial charge on any atom is 0.156 e. The van der Waals surface area contributed by atoms with Crippen LogP contribution in [0.25, 0.3) is 0 Å². The fourth-order valence-electron chi connectivity index (χ4n) is 39.8. The summed E-state index contributed by atoms with van der Waals surface area (Å²) in [7, 11) is 0. The first-order chi connectivity index (χ1) is 53.6. The molecule has 0 spiro atoms. The van der Waals surface area contributed by atoms with E-state index in [0.717, 1.165) is 221 Å². The van der Waals surface area contributed by atoms with Gasteiger partial charge in [0, 0.05) is 54.4 Å². The largest absolute Gasteiger partial charge is 0.295 e. The van der Waals surface area contributed by atoms with Gasteiger partial charge in [0.25, 0.3) is 0 Å². The third kappa shape index (κ3) is 14.4. The minimum atomic E-state index is 0.805. The lowest BCUT2D eigenvalue weighted by Crippen LogP contribution is -2.78. The van der Waals surface area contributed by atoms with Crippen molar-refractivity contribution in [2.45, 2.75) is 508 Å². The van der Waals surface area contributed by atoms with Gasteiger partial charge in [-0.1, -0.05) is 289 Å². The van der Waals surface area contributed by atoms with Gasteiger partial charge in [0.15, 0.2) is 6.71 Å². The summed E-state index contributed by atoms with van der Waals surface area (Å²) in [4.78, 5) is 11.9. The van der Waals surface area contributed by atoms with Crippen LogP contribution in [0, 0.1) is 142 Å². The van der Waals surface area contributed by atoms with Crippen molar-refractivity contribution >= 4 is 6.71 Å². The zero-order valence-electron chi connectivity index (χ0n) is 70.8. The maximum absolute atomic E-state index is 4.06. The van der Waals surface area contributed by atoms with E-state index in [2.05, 4.69) is 14.7 Å². The van der Waals surface area contributed by atoms with Gasteiger partial charge in [0.1, 0.15) is 0 Å². The molecule has 0 aromatic rings. The fraction of sp³-hybridized carbons (Fsp3) is 1.00. The third-order valence-corrected chi connectivity index (χ3v) is 43.4. The van der Waals surface area contributed by atoms with Crippen LogP contribution in [0.1, 0.15) is 437 Å². The molecule has 23 atom stereocenters. The summed E-state index contributed by atoms with van der Waals surface area (Å²) in [6.45, 7) is 1.00. The number of hydrogen-bond acceptors (Lipinski definition) is 3. The molecule has 2 heterocycles. The van der Waals surface area contributed by atoms with Gasteiger partial charge in [-0.25, -0.2) is 0 Å². The highest BCUT2D eigenvalue weighted by Gasteiger charge is 2.70. The van der Waals surface area contributed by atoms with Crippen LogP contribution in [0.2, 0.25) is 17.5 Å². The molecule has 2 saturated heterocycles. The molecule has 108 heavy (non-hydrogen) atoms. The lowest BCUT2D eigenvalue weighted by atomic mass is 9.17. The van der Waals surface area contributed by atoms with Gasteiger partial charge in [-0.2, -0.15) is 0 Å². The second kappa shape index (κ2) is 34.0. The minimum absolute atomic E-state index is 0.805. The summed E-state index contributed by atoms with van der Waals surface area (Å²) in [6, 6.07) is 7.72. The van der Waals surface area contributed by atoms with Crippen molar-refractivity contribution < 1.29 is 0 Å². The molecule has 21 fully saturated rings. The number of hydrogen-bond donors (Lipinski definition) is 0. The summed E-state index contributed by atoms with van der Waals surface area (Å²) >= 11 is 0. The zero-order chi connectivity index (χ0) is 71.2. The van der Waals surface area contributed by atoms with Crippen molar-refractivity contribution in [3.05, 3.63) is 0 Å². The fourth-order valence-corrected chi connectivity index (χ4v) is 39.8. The van der Waals surface area contributed by atoms with E-state index in [-0.39, 0.29) is 0 Å². The first-order valence-corrected chi connectivity index (χ1v) is 52.9. The Morgan fingerprint density at radius 3 is 0.907 bits per heavy atom. The molecule has 0 radical (unpaired) electrons. The highest BCUT2D eigenvalue weighted by Crippen LogP contribution is 2.72. The summed E-state index contributed by atoms with van der Waals surface area (Å²) in [5, 5.41) is 0. The molecule has 0 bridgehead atoms. The molecule has 19 saturated carbocycles. The van der Waals surface area contributed by atoms with Gasteiger partial charge in [-0.3, -0.25) is 14.7 Å². The Labute approximate surface area is 667 Å². The maximum atomic E-state index is 4.06. The molecule has 21 aliphatic rings. The monoisotopic (exact) mass is 1470 g/mol. The van der Waals surface area contributed by atoms with Gasteiger partial charge in [0.2, 0.25) is 0 Å². The smallest absolute Gasteiger partial charge is 0.156 e. The van der Waals surface area contributed by atoms with Gasteiger partial charge < -0.3 is 0 Å². The van der Waals surface area contributed by atoms with Gasteiger partial charge in [-0.05, 0) is 307 Å². The van der Waals surface area contributed by atoms with E-state index < -0.39 is 0 Å². The van der Waals surface area contributed by atoms with Crippen molar-refractivity contribution in [3.63, 3.8) is 0 Å². The molecule has 0 aromatic carbocycles. The quantitative estimate of drug-likeness (QED) is 0.170. The van der Waals surface area contributed by atoms with E-state index >= 15 is 0 Å². The second-order valence-corrected chi connectivity index (χ2v) is 47.1. The van der Waals surface area contributed by atoms with E-state index in [1.54, 1.807) is 424 Å². The van der Waals surface area contributed by atoms with Gasteiger partial charge >= 0.3 is 0 Å². The van der Waals surface area contributed by atoms with Crippen molar-refractivity contribution in [1.29, 1.82) is 0 Å². The van der Waals surface area contributed by atoms with E-state index in [9.17, 15) is 0 Å². The zero-order valence-corrected chi connectivity index (χ0v) is 70.8. The third-order valence-electron chi connectivity index (χ3n) is 43.4. The number of rotatable bonds is 13. The molecule has 3 nitrogen and oxygen atoms in total. The number of nitrogens with zero attached hydrogens (tertiary/aromatic N) is 3. The molecule has 0 aromatic heterocycles. The molecular formula is C104H172BN3. The molecule has 19 aliphatic carbocycles. The van der Waals surface area contributed by atoms with Gasteiger partial charge in [0.05, 0.1) is 0 Å². The van der Waals surface area contributed by atoms with Crippen LogP contribution in [0.5, 0.6) is 0 Å². The lowest BCUT2D eigenvalue weighted by molar-refractivity contribution is -0.168.